The van der Waals surface area contributed by atoms with Crippen molar-refractivity contribution in [1.29, 1.82) is 0 Å². The van der Waals surface area contributed by atoms with Crippen LogP contribution in [-0.2, 0) is 16.0 Å². The first-order valence-corrected chi connectivity index (χ1v) is 5.75. The van der Waals surface area contributed by atoms with Crippen LogP contribution in [0.15, 0.2) is 12.3 Å². The largest absolute Gasteiger partial charge is 0.469 e. The van der Waals surface area contributed by atoms with Crippen molar-refractivity contribution >= 4 is 5.97 Å². The Bertz CT molecular complexity index is 387. The molecular formula is C12H21N3O2. The summed E-state index contributed by atoms with van der Waals surface area (Å²) in [6.45, 7) is 6.15. The number of carbonyl (C=O) groups excluding carboxylic acids is 1. The van der Waals surface area contributed by atoms with Gasteiger partial charge in [0, 0.05) is 25.2 Å². The maximum absolute atomic E-state index is 11.7. The average Bonchev–Trinajstić information content (AvgIpc) is 2.76. The van der Waals surface area contributed by atoms with Gasteiger partial charge in [0.05, 0.1) is 18.2 Å². The number of ether oxygens (including phenoxy) is 1. The highest BCUT2D eigenvalue weighted by Gasteiger charge is 2.34. The zero-order valence-electron chi connectivity index (χ0n) is 10.9. The van der Waals surface area contributed by atoms with Crippen molar-refractivity contribution in [1.82, 2.24) is 9.78 Å². The third kappa shape index (κ3) is 3.06. The van der Waals surface area contributed by atoms with Crippen LogP contribution in [0.3, 0.4) is 0 Å². The van der Waals surface area contributed by atoms with Crippen molar-refractivity contribution in [2.75, 3.05) is 13.7 Å². The number of nitrogens with two attached hydrogens (primary N) is 1. The highest BCUT2D eigenvalue weighted by molar-refractivity contribution is 5.76. The molecule has 0 bridgehead atoms. The van der Waals surface area contributed by atoms with E-state index in [1.807, 2.05) is 16.9 Å². The molecule has 0 aliphatic carbocycles. The zero-order valence-corrected chi connectivity index (χ0v) is 10.9. The maximum atomic E-state index is 11.7. The quantitative estimate of drug-likeness (QED) is 0.782. The van der Waals surface area contributed by atoms with E-state index in [0.29, 0.717) is 12.5 Å². The molecule has 2 N–H and O–H groups in total. The van der Waals surface area contributed by atoms with Gasteiger partial charge in [0.2, 0.25) is 0 Å². The first kappa shape index (κ1) is 13.7. The van der Waals surface area contributed by atoms with Gasteiger partial charge in [0.15, 0.2) is 0 Å². The molecule has 1 unspecified atom stereocenters. The number of methoxy groups -OCH3 is 1. The highest BCUT2D eigenvalue weighted by atomic mass is 16.5. The van der Waals surface area contributed by atoms with Gasteiger partial charge in [0.1, 0.15) is 0 Å². The minimum atomic E-state index is -0.703. The monoisotopic (exact) mass is 239 g/mol. The standard InChI is InChI=1S/C12H21N3O2/c1-9(2)15-6-5-10(14-15)7-12(3,8-13)11(16)17-4/h5-6,9H,7-8,13H2,1-4H3. The summed E-state index contributed by atoms with van der Waals surface area (Å²) in [6, 6.07) is 2.22. The number of hydrogen-bond acceptors (Lipinski definition) is 4. The lowest BCUT2D eigenvalue weighted by molar-refractivity contribution is -0.151. The predicted molar refractivity (Wildman–Crippen MR) is 65.5 cm³/mol. The number of nitrogens with zero attached hydrogens (tertiary/aromatic N) is 2. The third-order valence-corrected chi connectivity index (χ3v) is 2.89. The van der Waals surface area contributed by atoms with Crippen LogP contribution in [0.5, 0.6) is 0 Å². The normalized spacial score (nSPS) is 14.7. The van der Waals surface area contributed by atoms with Crippen molar-refractivity contribution in [3.63, 3.8) is 0 Å². The molecule has 1 rings (SSSR count). The van der Waals surface area contributed by atoms with Gasteiger partial charge in [-0.1, -0.05) is 0 Å². The molecule has 0 saturated carbocycles. The Morgan fingerprint density at radius 1 is 1.65 bits per heavy atom. The molecule has 0 radical (unpaired) electrons. The van der Waals surface area contributed by atoms with Crippen LogP contribution in [0.1, 0.15) is 32.5 Å². The minimum Gasteiger partial charge on any atom is -0.469 e. The molecule has 5 heteroatoms. The summed E-state index contributed by atoms with van der Waals surface area (Å²) >= 11 is 0. The Labute approximate surface area is 102 Å². The van der Waals surface area contributed by atoms with Crippen molar-refractivity contribution < 1.29 is 9.53 Å². The van der Waals surface area contributed by atoms with Crippen LogP contribution in [-0.4, -0.2) is 29.4 Å². The number of rotatable bonds is 5. The lowest BCUT2D eigenvalue weighted by Gasteiger charge is -2.23. The molecule has 5 nitrogen and oxygen atoms in total. The molecule has 1 atom stereocenters. The molecule has 0 amide bonds. The van der Waals surface area contributed by atoms with Crippen LogP contribution < -0.4 is 5.73 Å². The molecule has 0 aliphatic rings. The van der Waals surface area contributed by atoms with Gasteiger partial charge in [-0.3, -0.25) is 9.48 Å². The van der Waals surface area contributed by atoms with Crippen LogP contribution >= 0.6 is 0 Å². The number of carbonyl (C=O) groups is 1. The summed E-state index contributed by atoms with van der Waals surface area (Å²) in [4.78, 5) is 11.7. The maximum Gasteiger partial charge on any atom is 0.313 e. The van der Waals surface area contributed by atoms with Gasteiger partial charge in [0.25, 0.3) is 0 Å². The van der Waals surface area contributed by atoms with E-state index in [4.69, 9.17) is 10.5 Å². The van der Waals surface area contributed by atoms with Gasteiger partial charge in [-0.05, 0) is 26.8 Å². The summed E-state index contributed by atoms with van der Waals surface area (Å²) in [5, 5.41) is 4.41. The molecule has 96 valence electrons. The van der Waals surface area contributed by atoms with E-state index in [2.05, 4.69) is 18.9 Å². The number of hydrogen-bond donors (Lipinski definition) is 1. The van der Waals surface area contributed by atoms with Gasteiger partial charge in [-0.15, -0.1) is 0 Å². The van der Waals surface area contributed by atoms with Crippen LogP contribution in [0.25, 0.3) is 0 Å². The smallest absolute Gasteiger partial charge is 0.313 e. The van der Waals surface area contributed by atoms with Gasteiger partial charge in [-0.2, -0.15) is 5.10 Å². The number of esters is 1. The predicted octanol–water partition coefficient (Wildman–Crippen LogP) is 1.14. The Hall–Kier alpha value is -1.36. The fourth-order valence-electron chi connectivity index (χ4n) is 1.63. The van der Waals surface area contributed by atoms with Gasteiger partial charge >= 0.3 is 5.97 Å². The van der Waals surface area contributed by atoms with Crippen molar-refractivity contribution in [3.8, 4) is 0 Å². The Morgan fingerprint density at radius 2 is 2.29 bits per heavy atom. The summed E-state index contributed by atoms with van der Waals surface area (Å²) < 4.78 is 6.64. The van der Waals surface area contributed by atoms with E-state index in [-0.39, 0.29) is 12.5 Å². The van der Waals surface area contributed by atoms with E-state index in [1.54, 1.807) is 6.92 Å². The molecule has 0 saturated heterocycles. The van der Waals surface area contributed by atoms with Crippen molar-refractivity contribution in [2.24, 2.45) is 11.1 Å². The lowest BCUT2D eigenvalue weighted by atomic mass is 9.85. The van der Waals surface area contributed by atoms with Crippen LogP contribution in [0, 0.1) is 5.41 Å². The first-order chi connectivity index (χ1) is 7.92. The zero-order chi connectivity index (χ0) is 13.1. The summed E-state index contributed by atoms with van der Waals surface area (Å²) in [7, 11) is 1.38. The molecule has 1 aromatic heterocycles. The number of aromatic nitrogens is 2. The highest BCUT2D eigenvalue weighted by Crippen LogP contribution is 2.22. The van der Waals surface area contributed by atoms with Crippen molar-refractivity contribution in [2.45, 2.75) is 33.2 Å². The van der Waals surface area contributed by atoms with E-state index < -0.39 is 5.41 Å². The molecule has 17 heavy (non-hydrogen) atoms. The second kappa shape index (κ2) is 5.31. The van der Waals surface area contributed by atoms with E-state index in [0.717, 1.165) is 5.69 Å². The van der Waals surface area contributed by atoms with Gasteiger partial charge in [-0.25, -0.2) is 0 Å². The second-order valence-electron chi connectivity index (χ2n) is 4.81. The average molecular weight is 239 g/mol. The van der Waals surface area contributed by atoms with Crippen LogP contribution in [0.2, 0.25) is 0 Å². The third-order valence-electron chi connectivity index (χ3n) is 2.89. The molecule has 1 aromatic rings. The SMILES string of the molecule is COC(=O)C(C)(CN)Cc1ccn(C(C)C)n1. The lowest BCUT2D eigenvalue weighted by Crippen LogP contribution is -2.38. The first-order valence-electron chi connectivity index (χ1n) is 5.75. The fraction of sp³-hybridized carbons (Fsp3) is 0.667. The Morgan fingerprint density at radius 3 is 2.71 bits per heavy atom. The summed E-state index contributed by atoms with van der Waals surface area (Å²) in [5.41, 5.74) is 5.82. The molecular weight excluding hydrogens is 218 g/mol. The Kier molecular flexibility index (Phi) is 4.28. The molecule has 0 spiro atoms. The Balaban J connectivity index is 2.83. The molecule has 1 heterocycles. The molecule has 0 aromatic carbocycles. The topological polar surface area (TPSA) is 70.1 Å². The van der Waals surface area contributed by atoms with Gasteiger partial charge < -0.3 is 10.5 Å². The summed E-state index contributed by atoms with van der Waals surface area (Å²) in [5.74, 6) is -0.293. The minimum absolute atomic E-state index is 0.244. The van der Waals surface area contributed by atoms with E-state index in [1.165, 1.54) is 7.11 Å². The van der Waals surface area contributed by atoms with E-state index >= 15 is 0 Å². The van der Waals surface area contributed by atoms with Crippen molar-refractivity contribution in [3.05, 3.63) is 18.0 Å². The second-order valence-corrected chi connectivity index (χ2v) is 4.81. The fourth-order valence-corrected chi connectivity index (χ4v) is 1.63. The van der Waals surface area contributed by atoms with E-state index in [9.17, 15) is 4.79 Å². The summed E-state index contributed by atoms with van der Waals surface area (Å²) in [6.07, 6.45) is 2.41. The molecule has 0 aliphatic heterocycles. The van der Waals surface area contributed by atoms with Crippen LogP contribution in [0.4, 0.5) is 0 Å². The molecule has 0 fully saturated rings.